The summed E-state index contributed by atoms with van der Waals surface area (Å²) in [7, 11) is -4.68. The first kappa shape index (κ1) is 24.3. The predicted molar refractivity (Wildman–Crippen MR) is 135 cm³/mol. The van der Waals surface area contributed by atoms with E-state index in [1.54, 1.807) is 12.1 Å². The molecule has 0 aromatic heterocycles. The van der Waals surface area contributed by atoms with E-state index in [0.29, 0.717) is 11.6 Å². The average molecular weight is 500 g/mol. The monoisotopic (exact) mass is 499 g/mol. The summed E-state index contributed by atoms with van der Waals surface area (Å²) in [6.45, 7) is 1.65. The Morgan fingerprint density at radius 1 is 0.824 bits per heavy atom. The summed E-state index contributed by atoms with van der Waals surface area (Å²) in [5, 5.41) is 0. The Morgan fingerprint density at radius 2 is 1.44 bits per heavy atom. The molecule has 3 aromatic rings. The molecule has 4 rings (SSSR count). The van der Waals surface area contributed by atoms with Gasteiger partial charge >= 0.3 is 0 Å². The average Bonchev–Trinajstić information content (AvgIpc) is 2.85. The van der Waals surface area contributed by atoms with Crippen molar-refractivity contribution in [1.29, 1.82) is 0 Å². The predicted octanol–water partition coefficient (Wildman–Crippen LogP) is 4.12. The van der Waals surface area contributed by atoms with Crippen molar-refractivity contribution in [2.24, 2.45) is 0 Å². The minimum absolute atomic E-state index is 0.000755. The third kappa shape index (κ3) is 5.11. The van der Waals surface area contributed by atoms with Crippen LogP contribution in [0.1, 0.15) is 24.3 Å². The minimum Gasteiger partial charge on any atom is -0.369 e. The summed E-state index contributed by atoms with van der Waals surface area (Å²) in [6, 6.07) is 23.0. The zero-order chi connectivity index (χ0) is 24.3. The molecule has 1 aliphatic rings. The maximum absolute atomic E-state index is 13.1. The SMILES string of the molecule is CN(C)S(=O)(=O)c1ccc(S(=O)(=O)Nc2ccccc2N2CCCC(c3ccccc3)C2)cc1. The van der Waals surface area contributed by atoms with Crippen LogP contribution in [-0.2, 0) is 20.0 Å². The second-order valence-corrected chi connectivity index (χ2v) is 12.4. The van der Waals surface area contributed by atoms with Gasteiger partial charge in [0.15, 0.2) is 0 Å². The number of para-hydroxylation sites is 2. The third-order valence-electron chi connectivity index (χ3n) is 6.09. The molecule has 1 atom stereocenters. The molecule has 1 aliphatic heterocycles. The normalized spacial score (nSPS) is 17.0. The molecule has 0 bridgehead atoms. The van der Waals surface area contributed by atoms with Crippen LogP contribution in [0.4, 0.5) is 11.4 Å². The van der Waals surface area contributed by atoms with E-state index < -0.39 is 20.0 Å². The summed E-state index contributed by atoms with van der Waals surface area (Å²) in [5.41, 5.74) is 2.62. The number of anilines is 2. The summed E-state index contributed by atoms with van der Waals surface area (Å²) < 4.78 is 54.6. The molecular weight excluding hydrogens is 470 g/mol. The van der Waals surface area contributed by atoms with Gasteiger partial charge in [-0.2, -0.15) is 0 Å². The Kier molecular flexibility index (Phi) is 6.97. The molecule has 9 heteroatoms. The van der Waals surface area contributed by atoms with E-state index in [0.717, 1.165) is 35.9 Å². The summed E-state index contributed by atoms with van der Waals surface area (Å²) in [5.74, 6) is 0.380. The van der Waals surface area contributed by atoms with Crippen LogP contribution in [0.3, 0.4) is 0 Å². The molecule has 0 saturated carbocycles. The lowest BCUT2D eigenvalue weighted by Gasteiger charge is -2.35. The first-order valence-electron chi connectivity index (χ1n) is 11.1. The summed E-state index contributed by atoms with van der Waals surface area (Å²) in [4.78, 5) is 2.27. The van der Waals surface area contributed by atoms with Crippen LogP contribution in [-0.4, -0.2) is 48.3 Å². The van der Waals surface area contributed by atoms with Gasteiger partial charge in [-0.25, -0.2) is 21.1 Å². The van der Waals surface area contributed by atoms with Gasteiger partial charge in [-0.3, -0.25) is 4.72 Å². The number of hydrogen-bond acceptors (Lipinski definition) is 5. The van der Waals surface area contributed by atoms with Crippen molar-refractivity contribution in [2.75, 3.05) is 36.8 Å². The number of rotatable bonds is 7. The van der Waals surface area contributed by atoms with E-state index >= 15 is 0 Å². The van der Waals surface area contributed by atoms with Gasteiger partial charge in [-0.05, 0) is 54.8 Å². The molecule has 180 valence electrons. The van der Waals surface area contributed by atoms with Crippen LogP contribution < -0.4 is 9.62 Å². The van der Waals surface area contributed by atoms with Crippen molar-refractivity contribution in [3.05, 3.63) is 84.4 Å². The van der Waals surface area contributed by atoms with Crippen LogP contribution in [0.25, 0.3) is 0 Å². The number of hydrogen-bond donors (Lipinski definition) is 1. The standard InChI is InChI=1S/C25H29N3O4S2/c1-27(2)34(31,32)23-16-14-22(15-17-23)33(29,30)26-24-12-6-7-13-25(24)28-18-8-11-21(19-28)20-9-4-3-5-10-20/h3-7,9-10,12-17,21,26H,8,11,18-19H2,1-2H3. The Bertz CT molecular complexity index is 1340. The van der Waals surface area contributed by atoms with E-state index in [2.05, 4.69) is 21.8 Å². The fourth-order valence-corrected chi connectivity index (χ4v) is 6.21. The van der Waals surface area contributed by atoms with Crippen molar-refractivity contribution < 1.29 is 16.8 Å². The molecule has 7 nitrogen and oxygen atoms in total. The van der Waals surface area contributed by atoms with E-state index in [9.17, 15) is 16.8 Å². The summed E-state index contributed by atoms with van der Waals surface area (Å²) in [6.07, 6.45) is 2.11. The fourth-order valence-electron chi connectivity index (χ4n) is 4.23. The Balaban J connectivity index is 1.57. The second kappa shape index (κ2) is 9.77. The highest BCUT2D eigenvalue weighted by Gasteiger charge is 2.25. The molecule has 1 saturated heterocycles. The second-order valence-electron chi connectivity index (χ2n) is 8.58. The van der Waals surface area contributed by atoms with Crippen molar-refractivity contribution in [2.45, 2.75) is 28.6 Å². The molecule has 0 amide bonds. The Labute approximate surface area is 202 Å². The first-order valence-corrected chi connectivity index (χ1v) is 14.0. The molecule has 3 aromatic carbocycles. The molecule has 0 spiro atoms. The molecule has 1 heterocycles. The largest absolute Gasteiger partial charge is 0.369 e. The molecule has 1 unspecified atom stereocenters. The molecule has 1 fully saturated rings. The Morgan fingerprint density at radius 3 is 2.12 bits per heavy atom. The van der Waals surface area contributed by atoms with Crippen LogP contribution in [0.5, 0.6) is 0 Å². The van der Waals surface area contributed by atoms with Gasteiger partial charge in [0.25, 0.3) is 10.0 Å². The van der Waals surface area contributed by atoms with Crippen LogP contribution >= 0.6 is 0 Å². The van der Waals surface area contributed by atoms with E-state index in [1.165, 1.54) is 43.9 Å². The molecule has 0 aliphatic carbocycles. The zero-order valence-electron chi connectivity index (χ0n) is 19.3. The molecule has 0 radical (unpaired) electrons. The van der Waals surface area contributed by atoms with Gasteiger partial charge < -0.3 is 4.90 Å². The highest BCUT2D eigenvalue weighted by Crippen LogP contribution is 2.34. The minimum atomic E-state index is -3.91. The number of sulfonamides is 2. The number of benzene rings is 3. The van der Waals surface area contributed by atoms with Gasteiger partial charge in [0.05, 0.1) is 21.2 Å². The van der Waals surface area contributed by atoms with Crippen LogP contribution in [0, 0.1) is 0 Å². The van der Waals surface area contributed by atoms with Crippen LogP contribution in [0.15, 0.2) is 88.7 Å². The number of nitrogens with one attached hydrogen (secondary N) is 1. The first-order chi connectivity index (χ1) is 16.2. The van der Waals surface area contributed by atoms with Gasteiger partial charge in [-0.1, -0.05) is 42.5 Å². The van der Waals surface area contributed by atoms with Crippen molar-refractivity contribution >= 4 is 31.4 Å². The highest BCUT2D eigenvalue weighted by atomic mass is 32.2. The van der Waals surface area contributed by atoms with Crippen molar-refractivity contribution in [3.8, 4) is 0 Å². The fraction of sp³-hybridized carbons (Fsp3) is 0.280. The third-order valence-corrected chi connectivity index (χ3v) is 9.30. The van der Waals surface area contributed by atoms with Gasteiger partial charge in [0.2, 0.25) is 10.0 Å². The van der Waals surface area contributed by atoms with E-state index in [4.69, 9.17) is 0 Å². The van der Waals surface area contributed by atoms with E-state index in [-0.39, 0.29) is 9.79 Å². The highest BCUT2D eigenvalue weighted by molar-refractivity contribution is 7.92. The maximum atomic E-state index is 13.1. The molecule has 1 N–H and O–H groups in total. The maximum Gasteiger partial charge on any atom is 0.261 e. The van der Waals surface area contributed by atoms with Gasteiger partial charge in [-0.15, -0.1) is 0 Å². The molecule has 34 heavy (non-hydrogen) atoms. The van der Waals surface area contributed by atoms with Crippen molar-refractivity contribution in [3.63, 3.8) is 0 Å². The van der Waals surface area contributed by atoms with Gasteiger partial charge in [0, 0.05) is 33.1 Å². The smallest absolute Gasteiger partial charge is 0.261 e. The lowest BCUT2D eigenvalue weighted by Crippen LogP contribution is -2.35. The quantitative estimate of drug-likeness (QED) is 0.528. The Hall–Kier alpha value is -2.88. The molecular formula is C25H29N3O4S2. The summed E-state index contributed by atoms with van der Waals surface area (Å²) >= 11 is 0. The van der Waals surface area contributed by atoms with Crippen LogP contribution in [0.2, 0.25) is 0 Å². The number of nitrogens with zero attached hydrogens (tertiary/aromatic N) is 2. The topological polar surface area (TPSA) is 86.8 Å². The van der Waals surface area contributed by atoms with E-state index in [1.807, 2.05) is 30.3 Å². The number of piperidine rings is 1. The zero-order valence-corrected chi connectivity index (χ0v) is 20.9. The van der Waals surface area contributed by atoms with Gasteiger partial charge in [0.1, 0.15) is 0 Å². The lowest BCUT2D eigenvalue weighted by atomic mass is 9.90. The van der Waals surface area contributed by atoms with Crippen molar-refractivity contribution in [1.82, 2.24) is 4.31 Å². The lowest BCUT2D eigenvalue weighted by molar-refractivity contribution is 0.510.